The Kier molecular flexibility index (Phi) is 5.29. The third-order valence-electron chi connectivity index (χ3n) is 3.23. The molecule has 1 unspecified atom stereocenters. The van der Waals surface area contributed by atoms with E-state index in [1.165, 1.54) is 0 Å². The normalized spacial score (nSPS) is 22.3. The van der Waals surface area contributed by atoms with Gasteiger partial charge in [0.25, 0.3) is 0 Å². The maximum atomic E-state index is 5.76. The lowest BCUT2D eigenvalue weighted by Gasteiger charge is -2.42. The molecule has 0 amide bonds. The Morgan fingerprint density at radius 1 is 1.53 bits per heavy atom. The standard InChI is InChI=1S/C12H23NO2/c1-4-6-11(13-5-2)12(14-3)7-9-15-10-8-12/h4,11,13H,1,5-10H2,2-3H3. The van der Waals surface area contributed by atoms with Crippen LogP contribution in [0.1, 0.15) is 26.2 Å². The van der Waals surface area contributed by atoms with E-state index in [4.69, 9.17) is 9.47 Å². The molecule has 1 saturated heterocycles. The van der Waals surface area contributed by atoms with E-state index in [0.717, 1.165) is 39.0 Å². The van der Waals surface area contributed by atoms with Crippen LogP contribution in [0.5, 0.6) is 0 Å². The van der Waals surface area contributed by atoms with Crippen molar-refractivity contribution in [3.8, 4) is 0 Å². The summed E-state index contributed by atoms with van der Waals surface area (Å²) in [6, 6.07) is 0.355. The molecule has 15 heavy (non-hydrogen) atoms. The minimum absolute atomic E-state index is 0.0670. The third-order valence-corrected chi connectivity index (χ3v) is 3.23. The summed E-state index contributed by atoms with van der Waals surface area (Å²) < 4.78 is 11.2. The van der Waals surface area contributed by atoms with E-state index < -0.39 is 0 Å². The summed E-state index contributed by atoms with van der Waals surface area (Å²) in [5.74, 6) is 0. The molecule has 0 bridgehead atoms. The molecule has 1 aliphatic rings. The van der Waals surface area contributed by atoms with Crippen molar-refractivity contribution < 1.29 is 9.47 Å². The summed E-state index contributed by atoms with van der Waals surface area (Å²) >= 11 is 0. The maximum absolute atomic E-state index is 5.76. The van der Waals surface area contributed by atoms with Crippen LogP contribution in [0.15, 0.2) is 12.7 Å². The highest BCUT2D eigenvalue weighted by atomic mass is 16.5. The zero-order chi connectivity index (χ0) is 11.1. The average Bonchev–Trinajstić information content (AvgIpc) is 2.30. The molecule has 0 aliphatic carbocycles. The predicted molar refractivity (Wildman–Crippen MR) is 62.1 cm³/mol. The van der Waals surface area contributed by atoms with Gasteiger partial charge in [-0.2, -0.15) is 0 Å². The van der Waals surface area contributed by atoms with Crippen molar-refractivity contribution in [2.45, 2.75) is 37.8 Å². The van der Waals surface area contributed by atoms with Crippen LogP contribution in [0.4, 0.5) is 0 Å². The number of rotatable bonds is 6. The number of likely N-dealkylation sites (N-methyl/N-ethyl adjacent to an activating group) is 1. The maximum Gasteiger partial charge on any atom is 0.0877 e. The topological polar surface area (TPSA) is 30.5 Å². The summed E-state index contributed by atoms with van der Waals surface area (Å²) in [7, 11) is 1.80. The van der Waals surface area contributed by atoms with Crippen molar-refractivity contribution in [3.63, 3.8) is 0 Å². The number of hydrogen-bond acceptors (Lipinski definition) is 3. The van der Waals surface area contributed by atoms with Crippen molar-refractivity contribution in [2.24, 2.45) is 0 Å². The van der Waals surface area contributed by atoms with E-state index in [0.29, 0.717) is 6.04 Å². The van der Waals surface area contributed by atoms with Crippen LogP contribution >= 0.6 is 0 Å². The number of methoxy groups -OCH3 is 1. The largest absolute Gasteiger partial charge is 0.381 e. The van der Waals surface area contributed by atoms with Gasteiger partial charge in [-0.15, -0.1) is 6.58 Å². The molecule has 1 aliphatic heterocycles. The Bertz CT molecular complexity index is 188. The fourth-order valence-electron chi connectivity index (χ4n) is 2.31. The molecular weight excluding hydrogens is 190 g/mol. The van der Waals surface area contributed by atoms with Gasteiger partial charge in [0.1, 0.15) is 0 Å². The molecular formula is C12H23NO2. The summed E-state index contributed by atoms with van der Waals surface area (Å²) in [6.07, 6.45) is 4.84. The van der Waals surface area contributed by atoms with Crippen molar-refractivity contribution >= 4 is 0 Å². The van der Waals surface area contributed by atoms with Gasteiger partial charge in [-0.25, -0.2) is 0 Å². The van der Waals surface area contributed by atoms with Gasteiger partial charge in [0, 0.05) is 39.2 Å². The SMILES string of the molecule is C=CCC(NCC)C1(OC)CCOCC1. The van der Waals surface area contributed by atoms with E-state index in [1.54, 1.807) is 7.11 Å². The Morgan fingerprint density at radius 2 is 2.20 bits per heavy atom. The summed E-state index contributed by atoms with van der Waals surface area (Å²) in [6.45, 7) is 8.50. The molecule has 3 heteroatoms. The van der Waals surface area contributed by atoms with E-state index >= 15 is 0 Å². The van der Waals surface area contributed by atoms with Crippen LogP contribution in [0.25, 0.3) is 0 Å². The van der Waals surface area contributed by atoms with Crippen molar-refractivity contribution in [3.05, 3.63) is 12.7 Å². The Morgan fingerprint density at radius 3 is 2.67 bits per heavy atom. The van der Waals surface area contributed by atoms with Crippen LogP contribution in [0.3, 0.4) is 0 Å². The van der Waals surface area contributed by atoms with Crippen LogP contribution in [-0.4, -0.2) is 38.5 Å². The molecule has 1 rings (SSSR count). The highest BCUT2D eigenvalue weighted by Gasteiger charge is 2.39. The lowest BCUT2D eigenvalue weighted by molar-refractivity contribution is -0.109. The summed E-state index contributed by atoms with van der Waals surface area (Å²) in [4.78, 5) is 0. The lowest BCUT2D eigenvalue weighted by Crippen LogP contribution is -2.54. The molecule has 1 heterocycles. The molecule has 1 atom stereocenters. The molecule has 1 fully saturated rings. The first-order chi connectivity index (χ1) is 7.29. The minimum atomic E-state index is -0.0670. The quantitative estimate of drug-likeness (QED) is 0.682. The second-order valence-corrected chi connectivity index (χ2v) is 4.02. The monoisotopic (exact) mass is 213 g/mol. The zero-order valence-electron chi connectivity index (χ0n) is 9.92. The van der Waals surface area contributed by atoms with Crippen LogP contribution in [0, 0.1) is 0 Å². The molecule has 1 N–H and O–H groups in total. The minimum Gasteiger partial charge on any atom is -0.381 e. The Labute approximate surface area is 92.8 Å². The van der Waals surface area contributed by atoms with Gasteiger partial charge in [-0.1, -0.05) is 13.0 Å². The third kappa shape index (κ3) is 3.03. The van der Waals surface area contributed by atoms with E-state index in [1.807, 2.05) is 6.08 Å². The van der Waals surface area contributed by atoms with Crippen LogP contribution < -0.4 is 5.32 Å². The first-order valence-corrected chi connectivity index (χ1v) is 5.76. The lowest BCUT2D eigenvalue weighted by atomic mass is 9.84. The smallest absolute Gasteiger partial charge is 0.0877 e. The van der Waals surface area contributed by atoms with Gasteiger partial charge >= 0.3 is 0 Å². The fraction of sp³-hybridized carbons (Fsp3) is 0.833. The Hall–Kier alpha value is -0.380. The highest BCUT2D eigenvalue weighted by Crippen LogP contribution is 2.30. The number of ether oxygens (including phenoxy) is 2. The summed E-state index contributed by atoms with van der Waals surface area (Å²) in [5.41, 5.74) is -0.0670. The highest BCUT2D eigenvalue weighted by molar-refractivity contribution is 4.97. The summed E-state index contributed by atoms with van der Waals surface area (Å²) in [5, 5.41) is 3.49. The number of hydrogen-bond donors (Lipinski definition) is 1. The first-order valence-electron chi connectivity index (χ1n) is 5.76. The fourth-order valence-corrected chi connectivity index (χ4v) is 2.31. The van der Waals surface area contributed by atoms with Crippen LogP contribution in [0.2, 0.25) is 0 Å². The van der Waals surface area contributed by atoms with Gasteiger partial charge in [0.2, 0.25) is 0 Å². The predicted octanol–water partition coefficient (Wildman–Crippen LogP) is 1.74. The van der Waals surface area contributed by atoms with E-state index in [2.05, 4.69) is 18.8 Å². The van der Waals surface area contributed by atoms with Gasteiger partial charge in [-0.05, 0) is 13.0 Å². The van der Waals surface area contributed by atoms with Crippen molar-refractivity contribution in [1.82, 2.24) is 5.32 Å². The molecule has 3 nitrogen and oxygen atoms in total. The average molecular weight is 213 g/mol. The van der Waals surface area contributed by atoms with Gasteiger partial charge in [-0.3, -0.25) is 0 Å². The number of nitrogens with one attached hydrogen (secondary N) is 1. The van der Waals surface area contributed by atoms with E-state index in [-0.39, 0.29) is 5.60 Å². The molecule has 88 valence electrons. The Balaban J connectivity index is 2.69. The second-order valence-electron chi connectivity index (χ2n) is 4.02. The molecule has 0 aromatic heterocycles. The van der Waals surface area contributed by atoms with E-state index in [9.17, 15) is 0 Å². The van der Waals surface area contributed by atoms with Crippen molar-refractivity contribution in [2.75, 3.05) is 26.9 Å². The molecule has 0 aromatic rings. The molecule has 0 radical (unpaired) electrons. The van der Waals surface area contributed by atoms with Gasteiger partial charge in [0.15, 0.2) is 0 Å². The molecule has 0 aromatic carbocycles. The van der Waals surface area contributed by atoms with Crippen LogP contribution in [-0.2, 0) is 9.47 Å². The first kappa shape index (κ1) is 12.7. The van der Waals surface area contributed by atoms with Crippen molar-refractivity contribution in [1.29, 1.82) is 0 Å². The zero-order valence-corrected chi connectivity index (χ0v) is 9.92. The molecule has 0 saturated carbocycles. The second kappa shape index (κ2) is 6.26. The van der Waals surface area contributed by atoms with Gasteiger partial charge < -0.3 is 14.8 Å². The molecule has 0 spiro atoms. The van der Waals surface area contributed by atoms with Gasteiger partial charge in [0.05, 0.1) is 5.60 Å².